The molecular formula is C13H17N3O3. The highest BCUT2D eigenvalue weighted by molar-refractivity contribution is 6.00. The number of hydrogen-bond donors (Lipinski definition) is 1. The van der Waals surface area contributed by atoms with Crippen LogP contribution in [0.4, 0.5) is 11.4 Å². The summed E-state index contributed by atoms with van der Waals surface area (Å²) < 4.78 is 0. The monoisotopic (exact) mass is 263 g/mol. The zero-order valence-electron chi connectivity index (χ0n) is 10.7. The predicted octanol–water partition coefficient (Wildman–Crippen LogP) is 2.19. The van der Waals surface area contributed by atoms with E-state index in [1.165, 1.54) is 12.1 Å². The van der Waals surface area contributed by atoms with Gasteiger partial charge in [0.25, 0.3) is 5.91 Å². The lowest BCUT2D eigenvalue weighted by Gasteiger charge is -2.20. The van der Waals surface area contributed by atoms with Gasteiger partial charge in [-0.2, -0.15) is 0 Å². The van der Waals surface area contributed by atoms with Crippen LogP contribution < -0.4 is 5.73 Å². The summed E-state index contributed by atoms with van der Waals surface area (Å²) in [6.45, 7) is 1.32. The lowest BCUT2D eigenvalue weighted by atomic mass is 10.1. The van der Waals surface area contributed by atoms with Gasteiger partial charge >= 0.3 is 5.69 Å². The molecule has 1 aromatic rings. The van der Waals surface area contributed by atoms with Crippen LogP contribution in [0.3, 0.4) is 0 Å². The highest BCUT2D eigenvalue weighted by atomic mass is 16.6. The fourth-order valence-corrected chi connectivity index (χ4v) is 2.38. The minimum atomic E-state index is -0.583. The normalized spacial score (nSPS) is 15.9. The summed E-state index contributed by atoms with van der Waals surface area (Å²) in [7, 11) is 0. The summed E-state index contributed by atoms with van der Waals surface area (Å²) in [6.07, 6.45) is 4.09. The third kappa shape index (κ3) is 2.83. The number of benzene rings is 1. The Balaban J connectivity index is 2.32. The second-order valence-corrected chi connectivity index (χ2v) is 4.71. The average Bonchev–Trinajstić information content (AvgIpc) is 2.66. The van der Waals surface area contributed by atoms with E-state index in [0.717, 1.165) is 25.7 Å². The quantitative estimate of drug-likeness (QED) is 0.503. The van der Waals surface area contributed by atoms with Gasteiger partial charge in [0.2, 0.25) is 0 Å². The highest BCUT2D eigenvalue weighted by Gasteiger charge is 2.27. The number of carbonyl (C=O) groups excluding carboxylic acids is 1. The van der Waals surface area contributed by atoms with Crippen LogP contribution in [0.5, 0.6) is 0 Å². The molecule has 1 fully saturated rings. The first-order chi connectivity index (χ1) is 9.11. The molecular weight excluding hydrogens is 246 g/mol. The molecule has 0 bridgehead atoms. The molecule has 1 heterocycles. The maximum atomic E-state index is 12.4. The number of nitro benzene ring substituents is 1. The Labute approximate surface area is 111 Å². The fourth-order valence-electron chi connectivity index (χ4n) is 2.38. The van der Waals surface area contributed by atoms with Crippen LogP contribution in [0.1, 0.15) is 36.0 Å². The standard InChI is InChI=1S/C13H17N3O3/c14-11-7-5-6-10(12(11)16(18)19)13(17)15-8-3-1-2-4-9-15/h5-7H,1-4,8-9,14H2. The SMILES string of the molecule is Nc1cccc(C(=O)N2CCCCCC2)c1[N+](=O)[O-]. The van der Waals surface area contributed by atoms with Gasteiger partial charge in [0.1, 0.15) is 11.3 Å². The van der Waals surface area contributed by atoms with Crippen molar-refractivity contribution in [3.63, 3.8) is 0 Å². The van der Waals surface area contributed by atoms with Crippen LogP contribution in [-0.4, -0.2) is 28.8 Å². The van der Waals surface area contributed by atoms with Crippen LogP contribution in [-0.2, 0) is 0 Å². The van der Waals surface area contributed by atoms with Crippen LogP contribution in [0.25, 0.3) is 0 Å². The van der Waals surface area contributed by atoms with E-state index >= 15 is 0 Å². The molecule has 19 heavy (non-hydrogen) atoms. The highest BCUT2D eigenvalue weighted by Crippen LogP contribution is 2.27. The Kier molecular flexibility index (Phi) is 3.99. The van der Waals surface area contributed by atoms with Crippen LogP contribution in [0.15, 0.2) is 18.2 Å². The summed E-state index contributed by atoms with van der Waals surface area (Å²) in [5.74, 6) is -0.291. The van der Waals surface area contributed by atoms with Crippen molar-refractivity contribution in [3.8, 4) is 0 Å². The van der Waals surface area contributed by atoms with E-state index < -0.39 is 4.92 Å². The number of para-hydroxylation sites is 1. The van der Waals surface area contributed by atoms with Crippen molar-refractivity contribution < 1.29 is 9.72 Å². The van der Waals surface area contributed by atoms with Gasteiger partial charge in [0.15, 0.2) is 0 Å². The van der Waals surface area contributed by atoms with E-state index in [1.54, 1.807) is 11.0 Å². The van der Waals surface area contributed by atoms with E-state index in [9.17, 15) is 14.9 Å². The number of likely N-dealkylation sites (tertiary alicyclic amines) is 1. The number of rotatable bonds is 2. The van der Waals surface area contributed by atoms with Gasteiger partial charge in [-0.25, -0.2) is 0 Å². The van der Waals surface area contributed by atoms with Gasteiger partial charge in [-0.15, -0.1) is 0 Å². The van der Waals surface area contributed by atoms with Crippen molar-refractivity contribution in [1.29, 1.82) is 0 Å². The molecule has 0 aliphatic carbocycles. The van der Waals surface area contributed by atoms with E-state index in [0.29, 0.717) is 13.1 Å². The number of nitrogens with zero attached hydrogens (tertiary/aromatic N) is 2. The molecule has 0 atom stereocenters. The molecule has 0 radical (unpaired) electrons. The summed E-state index contributed by atoms with van der Waals surface area (Å²) >= 11 is 0. The number of anilines is 1. The molecule has 2 rings (SSSR count). The Morgan fingerprint density at radius 1 is 1.21 bits per heavy atom. The molecule has 6 nitrogen and oxygen atoms in total. The molecule has 0 unspecified atom stereocenters. The van der Waals surface area contributed by atoms with E-state index in [1.807, 2.05) is 0 Å². The van der Waals surface area contributed by atoms with Crippen molar-refractivity contribution in [2.75, 3.05) is 18.8 Å². The third-order valence-corrected chi connectivity index (χ3v) is 3.37. The minimum Gasteiger partial charge on any atom is -0.393 e. The molecule has 6 heteroatoms. The lowest BCUT2D eigenvalue weighted by Crippen LogP contribution is -2.32. The molecule has 1 aromatic carbocycles. The predicted molar refractivity (Wildman–Crippen MR) is 71.9 cm³/mol. The maximum absolute atomic E-state index is 12.4. The molecule has 1 aliphatic heterocycles. The van der Waals surface area contributed by atoms with Crippen molar-refractivity contribution >= 4 is 17.3 Å². The second kappa shape index (κ2) is 5.69. The molecule has 0 spiro atoms. The molecule has 2 N–H and O–H groups in total. The van der Waals surface area contributed by atoms with Gasteiger partial charge in [-0.3, -0.25) is 14.9 Å². The van der Waals surface area contributed by atoms with Crippen LogP contribution in [0, 0.1) is 10.1 Å². The second-order valence-electron chi connectivity index (χ2n) is 4.71. The molecule has 102 valence electrons. The summed E-state index contributed by atoms with van der Waals surface area (Å²) in [5.41, 5.74) is 5.45. The van der Waals surface area contributed by atoms with E-state index in [4.69, 9.17) is 5.73 Å². The molecule has 0 saturated carbocycles. The smallest absolute Gasteiger partial charge is 0.304 e. The van der Waals surface area contributed by atoms with Crippen LogP contribution >= 0.6 is 0 Å². The first-order valence-electron chi connectivity index (χ1n) is 6.43. The van der Waals surface area contributed by atoms with Gasteiger partial charge in [-0.05, 0) is 25.0 Å². The van der Waals surface area contributed by atoms with Crippen molar-refractivity contribution in [2.24, 2.45) is 0 Å². The number of nitro groups is 1. The molecule has 0 aromatic heterocycles. The maximum Gasteiger partial charge on any atom is 0.304 e. The summed E-state index contributed by atoms with van der Waals surface area (Å²) in [4.78, 5) is 24.6. The van der Waals surface area contributed by atoms with Crippen molar-refractivity contribution in [2.45, 2.75) is 25.7 Å². The largest absolute Gasteiger partial charge is 0.393 e. The van der Waals surface area contributed by atoms with Crippen LogP contribution in [0.2, 0.25) is 0 Å². The summed E-state index contributed by atoms with van der Waals surface area (Å²) in [6, 6.07) is 4.49. The van der Waals surface area contributed by atoms with Crippen molar-refractivity contribution in [1.82, 2.24) is 4.90 Å². The van der Waals surface area contributed by atoms with E-state index in [-0.39, 0.29) is 22.8 Å². The number of carbonyl (C=O) groups is 1. The zero-order chi connectivity index (χ0) is 13.8. The van der Waals surface area contributed by atoms with Gasteiger partial charge in [-0.1, -0.05) is 18.9 Å². The molecule has 1 amide bonds. The number of nitrogen functional groups attached to an aromatic ring is 1. The fraction of sp³-hybridized carbons (Fsp3) is 0.462. The molecule has 1 saturated heterocycles. The minimum absolute atomic E-state index is 0.0330. The number of amides is 1. The Morgan fingerprint density at radius 3 is 2.42 bits per heavy atom. The first kappa shape index (κ1) is 13.3. The molecule has 1 aliphatic rings. The topological polar surface area (TPSA) is 89.5 Å². The first-order valence-corrected chi connectivity index (χ1v) is 6.43. The third-order valence-electron chi connectivity index (χ3n) is 3.37. The number of nitrogens with two attached hydrogens (primary N) is 1. The zero-order valence-corrected chi connectivity index (χ0v) is 10.7. The Hall–Kier alpha value is -2.11. The van der Waals surface area contributed by atoms with Gasteiger partial charge in [0, 0.05) is 13.1 Å². The summed E-state index contributed by atoms with van der Waals surface area (Å²) in [5, 5.41) is 11.1. The number of hydrogen-bond acceptors (Lipinski definition) is 4. The Bertz CT molecular complexity index is 494. The van der Waals surface area contributed by atoms with Crippen molar-refractivity contribution in [3.05, 3.63) is 33.9 Å². The Morgan fingerprint density at radius 2 is 1.84 bits per heavy atom. The van der Waals surface area contributed by atoms with E-state index in [2.05, 4.69) is 0 Å². The van der Waals surface area contributed by atoms with Gasteiger partial charge < -0.3 is 10.6 Å². The van der Waals surface area contributed by atoms with Gasteiger partial charge in [0.05, 0.1) is 4.92 Å². The average molecular weight is 263 g/mol. The lowest BCUT2D eigenvalue weighted by molar-refractivity contribution is -0.384.